The van der Waals surface area contributed by atoms with Crippen LogP contribution < -0.4 is 14.4 Å². The SMILES string of the molecule is CCCNC(=O)[C@@H](CC)N(Cc1ccc(F)cc1)C(=O)CCCN(c1cccc(OC)c1)S(C)(=O)=O. The lowest BCUT2D eigenvalue weighted by Crippen LogP contribution is -2.49. The molecule has 0 aromatic heterocycles. The highest BCUT2D eigenvalue weighted by atomic mass is 32.2. The standard InChI is InChI=1S/C26H36FN3O5S/c1-5-16-28-26(32)24(6-2)29(19-20-12-14-21(27)15-13-20)25(31)11-8-17-30(36(4,33)34)22-9-7-10-23(18-22)35-3/h7,9-10,12-15,18,24H,5-6,8,11,16-17,19H2,1-4H3,(H,28,32)/t24-/m1/s1. The third kappa shape index (κ3) is 8.51. The van der Waals surface area contributed by atoms with Crippen LogP contribution in [0.2, 0.25) is 0 Å². The Bertz CT molecular complexity index is 1110. The lowest BCUT2D eigenvalue weighted by atomic mass is 10.1. The number of ether oxygens (including phenoxy) is 1. The van der Waals surface area contributed by atoms with Gasteiger partial charge >= 0.3 is 0 Å². The normalized spacial score (nSPS) is 12.0. The predicted octanol–water partition coefficient (Wildman–Crippen LogP) is 3.71. The Morgan fingerprint density at radius 1 is 1.11 bits per heavy atom. The Balaban J connectivity index is 2.20. The zero-order valence-corrected chi connectivity index (χ0v) is 22.2. The van der Waals surface area contributed by atoms with Gasteiger partial charge in [0, 0.05) is 32.1 Å². The summed E-state index contributed by atoms with van der Waals surface area (Å²) in [4.78, 5) is 27.7. The maximum absolute atomic E-state index is 13.4. The number of methoxy groups -OCH3 is 1. The summed E-state index contributed by atoms with van der Waals surface area (Å²) < 4.78 is 44.8. The van der Waals surface area contributed by atoms with Gasteiger partial charge in [-0.2, -0.15) is 0 Å². The van der Waals surface area contributed by atoms with Crippen LogP contribution in [0.4, 0.5) is 10.1 Å². The summed E-state index contributed by atoms with van der Waals surface area (Å²) in [5.74, 6) is -0.393. The molecular weight excluding hydrogens is 485 g/mol. The average Bonchev–Trinajstić information content (AvgIpc) is 2.85. The quantitative estimate of drug-likeness (QED) is 0.409. The lowest BCUT2D eigenvalue weighted by molar-refractivity contribution is -0.141. The van der Waals surface area contributed by atoms with Gasteiger partial charge in [-0.05, 0) is 49.1 Å². The van der Waals surface area contributed by atoms with Crippen LogP contribution in [0, 0.1) is 5.82 Å². The summed E-state index contributed by atoms with van der Waals surface area (Å²) in [7, 11) is -2.11. The number of hydrogen-bond donors (Lipinski definition) is 1. The zero-order chi connectivity index (χ0) is 26.7. The molecule has 0 bridgehead atoms. The van der Waals surface area contributed by atoms with Crippen LogP contribution >= 0.6 is 0 Å². The van der Waals surface area contributed by atoms with E-state index in [4.69, 9.17) is 4.74 Å². The summed E-state index contributed by atoms with van der Waals surface area (Å²) in [5, 5.41) is 2.85. The number of rotatable bonds is 14. The third-order valence-electron chi connectivity index (χ3n) is 5.69. The highest BCUT2D eigenvalue weighted by molar-refractivity contribution is 7.92. The van der Waals surface area contributed by atoms with Gasteiger partial charge in [0.1, 0.15) is 17.6 Å². The molecule has 0 aliphatic carbocycles. The fraction of sp³-hybridized carbons (Fsp3) is 0.462. The first-order chi connectivity index (χ1) is 17.1. The largest absolute Gasteiger partial charge is 0.497 e. The van der Waals surface area contributed by atoms with Gasteiger partial charge in [0.05, 0.1) is 19.1 Å². The van der Waals surface area contributed by atoms with Gasteiger partial charge in [-0.25, -0.2) is 12.8 Å². The van der Waals surface area contributed by atoms with E-state index in [1.807, 2.05) is 13.8 Å². The van der Waals surface area contributed by atoms with E-state index >= 15 is 0 Å². The second-order valence-corrected chi connectivity index (χ2v) is 10.4. The number of sulfonamides is 1. The molecule has 10 heteroatoms. The van der Waals surface area contributed by atoms with Gasteiger partial charge in [-0.3, -0.25) is 13.9 Å². The first kappa shape index (κ1) is 29.1. The maximum Gasteiger partial charge on any atom is 0.242 e. The smallest absolute Gasteiger partial charge is 0.242 e. The number of benzene rings is 2. The first-order valence-corrected chi connectivity index (χ1v) is 13.9. The van der Waals surface area contributed by atoms with Crippen molar-refractivity contribution in [2.45, 2.75) is 52.1 Å². The molecule has 2 aromatic carbocycles. The number of carbonyl (C=O) groups excluding carboxylic acids is 2. The van der Waals surface area contributed by atoms with E-state index in [0.717, 1.165) is 12.7 Å². The number of nitrogens with one attached hydrogen (secondary N) is 1. The Kier molecular flexibility index (Phi) is 11.2. The summed E-state index contributed by atoms with van der Waals surface area (Å²) >= 11 is 0. The van der Waals surface area contributed by atoms with E-state index in [1.165, 1.54) is 28.4 Å². The van der Waals surface area contributed by atoms with E-state index in [-0.39, 0.29) is 43.6 Å². The van der Waals surface area contributed by atoms with Crippen LogP contribution in [-0.2, 0) is 26.2 Å². The molecule has 1 atom stereocenters. The van der Waals surface area contributed by atoms with Crippen molar-refractivity contribution in [3.63, 3.8) is 0 Å². The molecule has 2 amide bonds. The molecule has 36 heavy (non-hydrogen) atoms. The van der Waals surface area contributed by atoms with Crippen LogP contribution in [0.15, 0.2) is 48.5 Å². The molecule has 2 rings (SSSR count). The molecule has 0 spiro atoms. The number of anilines is 1. The van der Waals surface area contributed by atoms with Gasteiger partial charge in [-0.15, -0.1) is 0 Å². The second kappa shape index (κ2) is 13.8. The maximum atomic E-state index is 13.4. The van der Waals surface area contributed by atoms with Gasteiger partial charge in [-0.1, -0.05) is 32.0 Å². The fourth-order valence-electron chi connectivity index (χ4n) is 3.84. The number of carbonyl (C=O) groups is 2. The number of amides is 2. The minimum Gasteiger partial charge on any atom is -0.497 e. The van der Waals surface area contributed by atoms with E-state index in [2.05, 4.69) is 5.32 Å². The summed E-state index contributed by atoms with van der Waals surface area (Å²) in [6, 6.07) is 11.8. The summed E-state index contributed by atoms with van der Waals surface area (Å²) in [6.07, 6.45) is 2.56. The highest BCUT2D eigenvalue weighted by Crippen LogP contribution is 2.24. The molecule has 0 saturated carbocycles. The van der Waals surface area contributed by atoms with E-state index < -0.39 is 16.1 Å². The minimum absolute atomic E-state index is 0.0364. The molecule has 1 N–H and O–H groups in total. The van der Waals surface area contributed by atoms with Crippen LogP contribution in [0.3, 0.4) is 0 Å². The lowest BCUT2D eigenvalue weighted by Gasteiger charge is -2.31. The molecule has 2 aromatic rings. The Morgan fingerprint density at radius 3 is 2.39 bits per heavy atom. The van der Waals surface area contributed by atoms with Crippen molar-refractivity contribution in [3.8, 4) is 5.75 Å². The van der Waals surface area contributed by atoms with Gasteiger partial charge in [0.2, 0.25) is 21.8 Å². The van der Waals surface area contributed by atoms with Crippen molar-refractivity contribution in [1.82, 2.24) is 10.2 Å². The average molecular weight is 522 g/mol. The van der Waals surface area contributed by atoms with Crippen LogP contribution in [0.1, 0.15) is 45.1 Å². The Morgan fingerprint density at radius 2 is 1.81 bits per heavy atom. The van der Waals surface area contributed by atoms with Crippen LogP contribution in [0.25, 0.3) is 0 Å². The predicted molar refractivity (Wildman–Crippen MR) is 139 cm³/mol. The Hall–Kier alpha value is -3.14. The van der Waals surface area contributed by atoms with Crippen LogP contribution in [-0.4, -0.2) is 57.6 Å². The molecule has 8 nitrogen and oxygen atoms in total. The van der Waals surface area contributed by atoms with Crippen molar-refractivity contribution in [1.29, 1.82) is 0 Å². The molecule has 0 radical (unpaired) electrons. The number of halogens is 1. The molecule has 0 fully saturated rings. The molecular formula is C26H36FN3O5S. The third-order valence-corrected chi connectivity index (χ3v) is 6.89. The minimum atomic E-state index is -3.61. The monoisotopic (exact) mass is 521 g/mol. The summed E-state index contributed by atoms with van der Waals surface area (Å²) in [5.41, 5.74) is 1.14. The van der Waals surface area contributed by atoms with Crippen molar-refractivity contribution < 1.29 is 27.1 Å². The summed E-state index contributed by atoms with van der Waals surface area (Å²) in [6.45, 7) is 4.50. The highest BCUT2D eigenvalue weighted by Gasteiger charge is 2.28. The number of nitrogens with zero attached hydrogens (tertiary/aromatic N) is 2. The molecule has 0 aliphatic rings. The van der Waals surface area contributed by atoms with E-state index in [1.54, 1.807) is 36.4 Å². The van der Waals surface area contributed by atoms with Gasteiger partial charge < -0.3 is 15.0 Å². The topological polar surface area (TPSA) is 96.0 Å². The fourth-order valence-corrected chi connectivity index (χ4v) is 4.80. The van der Waals surface area contributed by atoms with Crippen molar-refractivity contribution in [2.24, 2.45) is 0 Å². The molecule has 0 unspecified atom stereocenters. The molecule has 0 aliphatic heterocycles. The molecule has 0 saturated heterocycles. The van der Waals surface area contributed by atoms with Crippen LogP contribution in [0.5, 0.6) is 5.75 Å². The first-order valence-electron chi connectivity index (χ1n) is 12.0. The molecule has 0 heterocycles. The van der Waals surface area contributed by atoms with E-state index in [0.29, 0.717) is 30.0 Å². The van der Waals surface area contributed by atoms with Gasteiger partial charge in [0.25, 0.3) is 0 Å². The van der Waals surface area contributed by atoms with Crippen molar-refractivity contribution in [3.05, 3.63) is 59.9 Å². The zero-order valence-electron chi connectivity index (χ0n) is 21.4. The number of hydrogen-bond acceptors (Lipinski definition) is 5. The van der Waals surface area contributed by atoms with E-state index in [9.17, 15) is 22.4 Å². The molecule has 198 valence electrons. The second-order valence-electron chi connectivity index (χ2n) is 8.50. The van der Waals surface area contributed by atoms with Gasteiger partial charge in [0.15, 0.2) is 0 Å². The Labute approximate surface area is 213 Å². The van der Waals surface area contributed by atoms with Crippen molar-refractivity contribution >= 4 is 27.5 Å². The van der Waals surface area contributed by atoms with Crippen molar-refractivity contribution in [2.75, 3.05) is 30.8 Å².